The van der Waals surface area contributed by atoms with Crippen LogP contribution in [-0.4, -0.2) is 55.6 Å². The first-order chi connectivity index (χ1) is 12.0. The maximum Gasteiger partial charge on any atom is 0.214 e. The van der Waals surface area contributed by atoms with Crippen LogP contribution in [0.3, 0.4) is 0 Å². The molecule has 9 heteroatoms. The van der Waals surface area contributed by atoms with E-state index in [1.807, 2.05) is 6.92 Å². The first-order valence-corrected chi connectivity index (χ1v) is 11.4. The van der Waals surface area contributed by atoms with E-state index in [-0.39, 0.29) is 11.8 Å². The Hall–Kier alpha value is -1.19. The number of guanidine groups is 1. The van der Waals surface area contributed by atoms with Gasteiger partial charge in [0.25, 0.3) is 0 Å². The van der Waals surface area contributed by atoms with Crippen molar-refractivity contribution in [3.05, 3.63) is 16.1 Å². The summed E-state index contributed by atoms with van der Waals surface area (Å²) in [7, 11) is -1.34. The minimum atomic E-state index is -3.08. The van der Waals surface area contributed by atoms with Crippen LogP contribution in [0.4, 0.5) is 0 Å². The number of nitrogens with zero attached hydrogens (tertiary/aromatic N) is 3. The number of rotatable bonds is 7. The second-order valence-electron chi connectivity index (χ2n) is 6.15. The third-order valence-electron chi connectivity index (χ3n) is 4.21. The van der Waals surface area contributed by atoms with Gasteiger partial charge in [-0.25, -0.2) is 17.7 Å². The quantitative estimate of drug-likeness (QED) is 0.548. The van der Waals surface area contributed by atoms with E-state index in [2.05, 4.69) is 32.9 Å². The molecular formula is C16H29N5O2S2. The topological polar surface area (TPSA) is 86.7 Å². The number of nitrogens with one attached hydrogen (secondary N) is 2. The highest BCUT2D eigenvalue weighted by molar-refractivity contribution is 7.89. The van der Waals surface area contributed by atoms with E-state index >= 15 is 0 Å². The molecule has 0 saturated carbocycles. The third kappa shape index (κ3) is 5.93. The molecule has 0 radical (unpaired) electrons. The Morgan fingerprint density at radius 3 is 2.68 bits per heavy atom. The van der Waals surface area contributed by atoms with Crippen molar-refractivity contribution in [2.24, 2.45) is 4.99 Å². The summed E-state index contributed by atoms with van der Waals surface area (Å²) in [6, 6.07) is 0.237. The van der Waals surface area contributed by atoms with Gasteiger partial charge in [-0.3, -0.25) is 4.99 Å². The van der Waals surface area contributed by atoms with Gasteiger partial charge in [0.2, 0.25) is 10.0 Å². The molecule has 2 rings (SSSR count). The molecule has 1 aromatic heterocycles. The van der Waals surface area contributed by atoms with Crippen molar-refractivity contribution in [3.63, 3.8) is 0 Å². The van der Waals surface area contributed by atoms with Crippen molar-refractivity contribution in [3.8, 4) is 0 Å². The summed E-state index contributed by atoms with van der Waals surface area (Å²) in [5, 5.41) is 9.88. The molecule has 2 N–H and O–H groups in total. The van der Waals surface area contributed by atoms with E-state index in [1.54, 1.807) is 22.7 Å². The van der Waals surface area contributed by atoms with Crippen molar-refractivity contribution in [2.75, 3.05) is 25.9 Å². The summed E-state index contributed by atoms with van der Waals surface area (Å²) in [6.07, 6.45) is 3.20. The molecule has 0 atom stereocenters. The standard InChI is InChI=1S/C16H29N5O2S2/c1-4-10-25(22,23)21-8-6-13(7-9-21)20-16(17-3)18-11-14-12-24-15(5-2)19-14/h12-13H,4-11H2,1-3H3,(H2,17,18,20). The zero-order chi connectivity index (χ0) is 18.3. The molecule has 0 aliphatic carbocycles. The van der Waals surface area contributed by atoms with E-state index in [1.165, 1.54) is 0 Å². The molecule has 7 nitrogen and oxygen atoms in total. The van der Waals surface area contributed by atoms with Crippen LogP contribution in [0.15, 0.2) is 10.4 Å². The SMILES string of the molecule is CCCS(=O)(=O)N1CCC(NC(=NC)NCc2csc(CC)n2)CC1. The molecule has 0 amide bonds. The first-order valence-electron chi connectivity index (χ1n) is 8.86. The summed E-state index contributed by atoms with van der Waals surface area (Å²) in [5.41, 5.74) is 1.02. The van der Waals surface area contributed by atoms with Crippen molar-refractivity contribution in [1.29, 1.82) is 0 Å². The summed E-state index contributed by atoms with van der Waals surface area (Å²) < 4.78 is 25.9. The summed E-state index contributed by atoms with van der Waals surface area (Å²) in [4.78, 5) is 8.80. The van der Waals surface area contributed by atoms with Gasteiger partial charge in [0.1, 0.15) is 0 Å². The van der Waals surface area contributed by atoms with Gasteiger partial charge in [0, 0.05) is 31.6 Å². The van der Waals surface area contributed by atoms with Crippen LogP contribution in [0.5, 0.6) is 0 Å². The van der Waals surface area contributed by atoms with Crippen molar-refractivity contribution in [2.45, 2.75) is 52.1 Å². The molecule has 25 heavy (non-hydrogen) atoms. The minimum Gasteiger partial charge on any atom is -0.354 e. The number of thiazole rings is 1. The zero-order valence-corrected chi connectivity index (χ0v) is 16.9. The van der Waals surface area contributed by atoms with Gasteiger partial charge in [-0.2, -0.15) is 0 Å². The molecule has 1 aliphatic rings. The van der Waals surface area contributed by atoms with E-state index in [0.29, 0.717) is 26.1 Å². The maximum atomic E-state index is 12.1. The Labute approximate surface area is 155 Å². The van der Waals surface area contributed by atoms with Gasteiger partial charge in [-0.1, -0.05) is 13.8 Å². The van der Waals surface area contributed by atoms with Crippen LogP contribution in [-0.2, 0) is 23.0 Å². The number of hydrogen-bond donors (Lipinski definition) is 2. The fraction of sp³-hybridized carbons (Fsp3) is 0.750. The molecule has 1 aromatic rings. The predicted molar refractivity (Wildman–Crippen MR) is 103 cm³/mol. The van der Waals surface area contributed by atoms with E-state index < -0.39 is 10.0 Å². The second kappa shape index (κ2) is 9.49. The molecule has 0 spiro atoms. The van der Waals surface area contributed by atoms with Gasteiger partial charge in [0.15, 0.2) is 5.96 Å². The first kappa shape index (κ1) is 20.1. The van der Waals surface area contributed by atoms with Crippen LogP contribution in [0.25, 0.3) is 0 Å². The highest BCUT2D eigenvalue weighted by atomic mass is 32.2. The monoisotopic (exact) mass is 387 g/mol. The van der Waals surface area contributed by atoms with Gasteiger partial charge in [-0.15, -0.1) is 11.3 Å². The Kier molecular flexibility index (Phi) is 7.64. The largest absolute Gasteiger partial charge is 0.354 e. The van der Waals surface area contributed by atoms with Crippen LogP contribution in [0, 0.1) is 0 Å². The Bertz CT molecular complexity index is 664. The van der Waals surface area contributed by atoms with Crippen LogP contribution >= 0.6 is 11.3 Å². The van der Waals surface area contributed by atoms with Crippen LogP contribution in [0.1, 0.15) is 43.8 Å². The number of piperidine rings is 1. The van der Waals surface area contributed by atoms with Crippen molar-refractivity contribution < 1.29 is 8.42 Å². The van der Waals surface area contributed by atoms with Gasteiger partial charge >= 0.3 is 0 Å². The van der Waals surface area contributed by atoms with Crippen LogP contribution < -0.4 is 10.6 Å². The zero-order valence-electron chi connectivity index (χ0n) is 15.3. The molecule has 0 bridgehead atoms. The lowest BCUT2D eigenvalue weighted by Crippen LogP contribution is -2.49. The molecule has 1 aliphatic heterocycles. The maximum absolute atomic E-state index is 12.1. The number of aliphatic imine (C=N–C) groups is 1. The van der Waals surface area contributed by atoms with Gasteiger partial charge < -0.3 is 10.6 Å². The molecule has 1 saturated heterocycles. The minimum absolute atomic E-state index is 0.237. The van der Waals surface area contributed by atoms with Crippen LogP contribution in [0.2, 0.25) is 0 Å². The molecule has 1 fully saturated rings. The molecule has 142 valence electrons. The average Bonchev–Trinajstić information content (AvgIpc) is 3.07. The lowest BCUT2D eigenvalue weighted by Gasteiger charge is -2.32. The highest BCUT2D eigenvalue weighted by Gasteiger charge is 2.27. The second-order valence-corrected chi connectivity index (χ2v) is 9.18. The Morgan fingerprint density at radius 2 is 2.12 bits per heavy atom. The fourth-order valence-electron chi connectivity index (χ4n) is 2.82. The van der Waals surface area contributed by atoms with Gasteiger partial charge in [0.05, 0.1) is 23.0 Å². The molecular weight excluding hydrogens is 358 g/mol. The smallest absolute Gasteiger partial charge is 0.214 e. The summed E-state index contributed by atoms with van der Waals surface area (Å²) >= 11 is 1.68. The Balaban J connectivity index is 1.79. The average molecular weight is 388 g/mol. The van der Waals surface area contributed by atoms with Crippen molar-refractivity contribution in [1.82, 2.24) is 19.9 Å². The lowest BCUT2D eigenvalue weighted by atomic mass is 10.1. The van der Waals surface area contributed by atoms with E-state index in [9.17, 15) is 8.42 Å². The van der Waals surface area contributed by atoms with Crippen molar-refractivity contribution >= 4 is 27.3 Å². The molecule has 0 unspecified atom stereocenters. The fourth-order valence-corrected chi connectivity index (χ4v) is 5.11. The number of sulfonamides is 1. The summed E-state index contributed by atoms with van der Waals surface area (Å²) in [6.45, 7) is 5.78. The summed E-state index contributed by atoms with van der Waals surface area (Å²) in [5.74, 6) is 0.975. The number of hydrogen-bond acceptors (Lipinski definition) is 5. The number of aromatic nitrogens is 1. The molecule has 2 heterocycles. The van der Waals surface area contributed by atoms with E-state index in [0.717, 1.165) is 35.9 Å². The number of aryl methyl sites for hydroxylation is 1. The Morgan fingerprint density at radius 1 is 1.40 bits per heavy atom. The normalized spacial score (nSPS) is 17.6. The lowest BCUT2D eigenvalue weighted by molar-refractivity contribution is 0.306. The predicted octanol–water partition coefficient (Wildman–Crippen LogP) is 1.57. The van der Waals surface area contributed by atoms with E-state index in [4.69, 9.17) is 0 Å². The highest BCUT2D eigenvalue weighted by Crippen LogP contribution is 2.15. The third-order valence-corrected chi connectivity index (χ3v) is 7.33. The van der Waals surface area contributed by atoms with Gasteiger partial charge in [-0.05, 0) is 25.7 Å². The molecule has 0 aromatic carbocycles.